The molecule has 31 heavy (non-hydrogen) atoms. The minimum atomic E-state index is -4.27. The second kappa shape index (κ2) is 12.2. The maximum atomic E-state index is 10.4. The average Bonchev–Trinajstić information content (AvgIpc) is 2.77. The van der Waals surface area contributed by atoms with E-state index in [1.807, 2.05) is 62.4 Å². The molecule has 6 nitrogen and oxygen atoms in total. The van der Waals surface area contributed by atoms with E-state index in [-0.39, 0.29) is 11.0 Å². The molecule has 0 amide bonds. The van der Waals surface area contributed by atoms with Crippen LogP contribution in [0.4, 0.5) is 0 Å². The van der Waals surface area contributed by atoms with E-state index in [4.69, 9.17) is 9.47 Å². The number of aryl methyl sites for hydroxylation is 1. The van der Waals surface area contributed by atoms with Gasteiger partial charge in [-0.2, -0.15) is 3.44 Å². The molecule has 166 valence electrons. The molecule has 0 aromatic heterocycles. The van der Waals surface area contributed by atoms with Crippen molar-refractivity contribution in [3.05, 3.63) is 93.1 Å². The zero-order valence-electron chi connectivity index (χ0n) is 17.5. The molecule has 3 rings (SSSR count). The van der Waals surface area contributed by atoms with Crippen molar-refractivity contribution in [1.82, 2.24) is 0 Å². The van der Waals surface area contributed by atoms with E-state index < -0.39 is 31.7 Å². The van der Waals surface area contributed by atoms with Gasteiger partial charge in [-0.15, -0.1) is 0 Å². The number of ether oxygens (including phenoxy) is 2. The van der Waals surface area contributed by atoms with Gasteiger partial charge in [-0.25, -0.2) is 8.42 Å². The predicted molar refractivity (Wildman–Crippen MR) is 113 cm³/mol. The van der Waals surface area contributed by atoms with Gasteiger partial charge < -0.3 is 14.0 Å². The van der Waals surface area contributed by atoms with Crippen LogP contribution in [0.15, 0.2) is 77.7 Å². The fourth-order valence-electron chi connectivity index (χ4n) is 2.61. The van der Waals surface area contributed by atoms with E-state index in [9.17, 15) is 16.4 Å². The second-order valence-electron chi connectivity index (χ2n) is 6.66. The van der Waals surface area contributed by atoms with Crippen molar-refractivity contribution in [1.29, 1.82) is 0 Å². The monoisotopic (exact) mass is 556 g/mol. The number of methoxy groups -OCH3 is 1. The molecule has 0 radical (unpaired) electrons. The summed E-state index contributed by atoms with van der Waals surface area (Å²) >= 11 is -1.06. The average molecular weight is 556 g/mol. The molecule has 1 N–H and O–H groups in total. The van der Waals surface area contributed by atoms with Gasteiger partial charge in [0.05, 0.1) is 11.0 Å². The van der Waals surface area contributed by atoms with Gasteiger partial charge in [-0.05, 0) is 37.6 Å². The normalized spacial score (nSPS) is 11.9. The van der Waals surface area contributed by atoms with Gasteiger partial charge in [0, 0.05) is 12.7 Å². The lowest BCUT2D eigenvalue weighted by molar-refractivity contribution is -0.867. The summed E-state index contributed by atoms with van der Waals surface area (Å²) in [6, 6.07) is 21.6. The number of rotatable bonds is 7. The Morgan fingerprint density at radius 3 is 2.19 bits per heavy atom. The molecule has 0 spiro atoms. The summed E-state index contributed by atoms with van der Waals surface area (Å²) < 4.78 is 53.0. The first-order valence-corrected chi connectivity index (χ1v) is 12.8. The smallest absolute Gasteiger partial charge is 0.523 e. The van der Waals surface area contributed by atoms with Crippen LogP contribution in [0.5, 0.6) is 5.75 Å². The molecule has 0 aliphatic carbocycles. The molecule has 0 saturated carbocycles. The SMILES string of the molecule is CO[C@@H](C)c1cccc(OCc2ccccc2)c1[I+]O.Cc1ccc(S(=O)(=O)[O-])cc1. The maximum Gasteiger partial charge on any atom is 0.523 e. The predicted octanol–water partition coefficient (Wildman–Crippen LogP) is 1.04. The van der Waals surface area contributed by atoms with Gasteiger partial charge >= 0.3 is 21.6 Å². The summed E-state index contributed by atoms with van der Waals surface area (Å²) in [4.78, 5) is -0.178. The summed E-state index contributed by atoms with van der Waals surface area (Å²) in [6.07, 6.45) is -0.0443. The van der Waals surface area contributed by atoms with E-state index in [2.05, 4.69) is 0 Å². The van der Waals surface area contributed by atoms with Crippen molar-refractivity contribution < 1.29 is 47.5 Å². The zero-order chi connectivity index (χ0) is 22.9. The van der Waals surface area contributed by atoms with E-state index in [0.29, 0.717) is 6.61 Å². The highest BCUT2D eigenvalue weighted by molar-refractivity contribution is 7.85. The van der Waals surface area contributed by atoms with Crippen molar-refractivity contribution >= 4 is 10.1 Å². The Hall–Kier alpha value is -1.98. The third kappa shape index (κ3) is 7.89. The van der Waals surface area contributed by atoms with Gasteiger partial charge in [-0.3, -0.25) is 0 Å². The molecule has 0 heterocycles. The van der Waals surface area contributed by atoms with Crippen LogP contribution < -0.4 is 26.4 Å². The lowest BCUT2D eigenvalue weighted by atomic mass is 10.1. The molecule has 3 aromatic rings. The summed E-state index contributed by atoms with van der Waals surface area (Å²) in [6.45, 7) is 4.29. The molecule has 8 heteroatoms. The summed E-state index contributed by atoms with van der Waals surface area (Å²) in [5.41, 5.74) is 3.05. The van der Waals surface area contributed by atoms with Crippen LogP contribution in [0.25, 0.3) is 0 Å². The van der Waals surface area contributed by atoms with Gasteiger partial charge in [0.15, 0.2) is 5.75 Å². The Balaban J connectivity index is 0.000000262. The van der Waals surface area contributed by atoms with Crippen LogP contribution in [-0.4, -0.2) is 23.5 Å². The van der Waals surface area contributed by atoms with Crippen molar-refractivity contribution in [3.63, 3.8) is 0 Å². The molecule has 0 bridgehead atoms. The van der Waals surface area contributed by atoms with Crippen LogP contribution in [-0.2, 0) is 21.5 Å². The van der Waals surface area contributed by atoms with Crippen LogP contribution in [0.1, 0.15) is 29.7 Å². The first kappa shape index (κ1) is 25.3. The Bertz CT molecular complexity index is 1050. The first-order valence-electron chi connectivity index (χ1n) is 9.39. The molecule has 0 unspecified atom stereocenters. The van der Waals surface area contributed by atoms with Crippen molar-refractivity contribution in [3.8, 4) is 5.75 Å². The molecule has 0 fully saturated rings. The van der Waals surface area contributed by atoms with Gasteiger partial charge in [0.2, 0.25) is 0 Å². The van der Waals surface area contributed by atoms with E-state index in [0.717, 1.165) is 26.0 Å². The summed E-state index contributed by atoms with van der Waals surface area (Å²) in [7, 11) is -2.60. The number of hydrogen-bond acceptors (Lipinski definition) is 6. The largest absolute Gasteiger partial charge is 0.744 e. The van der Waals surface area contributed by atoms with E-state index in [1.54, 1.807) is 19.2 Å². The standard InChI is InChI=1S/C16H18IO3.C7H8O3S/c1-12(19-2)14-9-6-10-15(16(14)17-18)20-11-13-7-4-3-5-8-13;1-6-2-4-7(5-3-6)11(8,9)10/h3-10,12,18H,11H2,1-2H3;2-5H,1H3,(H,8,9,10)/q+1;/p-1/t12-;/m0./s1. The fraction of sp³-hybridized carbons (Fsp3) is 0.217. The van der Waals surface area contributed by atoms with Crippen LogP contribution in [0.2, 0.25) is 0 Å². The van der Waals surface area contributed by atoms with Crippen LogP contribution in [0, 0.1) is 10.5 Å². The lowest BCUT2D eigenvalue weighted by Crippen LogP contribution is -3.61. The molecular formula is C23H25IO6S. The summed E-state index contributed by atoms with van der Waals surface area (Å²) in [5.74, 6) is 0.755. The Morgan fingerprint density at radius 1 is 1.00 bits per heavy atom. The zero-order valence-corrected chi connectivity index (χ0v) is 20.5. The maximum absolute atomic E-state index is 10.4. The van der Waals surface area contributed by atoms with E-state index >= 15 is 0 Å². The van der Waals surface area contributed by atoms with Crippen LogP contribution in [0.3, 0.4) is 0 Å². The Labute approximate surface area is 194 Å². The third-order valence-electron chi connectivity index (χ3n) is 4.42. The molecule has 0 aliphatic rings. The minimum Gasteiger partial charge on any atom is -0.744 e. The molecular weight excluding hydrogens is 531 g/mol. The molecule has 0 aliphatic heterocycles. The van der Waals surface area contributed by atoms with E-state index in [1.165, 1.54) is 12.1 Å². The number of halogens is 1. The topological polar surface area (TPSA) is 95.9 Å². The molecule has 0 saturated heterocycles. The Morgan fingerprint density at radius 2 is 1.65 bits per heavy atom. The van der Waals surface area contributed by atoms with Crippen molar-refractivity contribution in [2.75, 3.05) is 7.11 Å². The highest BCUT2D eigenvalue weighted by Gasteiger charge is 2.26. The van der Waals surface area contributed by atoms with Crippen LogP contribution >= 0.6 is 0 Å². The minimum absolute atomic E-state index is 0.0443. The lowest BCUT2D eigenvalue weighted by Gasteiger charge is -2.12. The Kier molecular flexibility index (Phi) is 9.92. The second-order valence-corrected chi connectivity index (χ2v) is 9.60. The van der Waals surface area contributed by atoms with Gasteiger partial charge in [0.1, 0.15) is 16.7 Å². The fourth-order valence-corrected chi connectivity index (χ4v) is 4.55. The van der Waals surface area contributed by atoms with Crippen molar-refractivity contribution in [2.24, 2.45) is 0 Å². The summed E-state index contributed by atoms with van der Waals surface area (Å²) in [5, 5.41) is 0. The van der Waals surface area contributed by atoms with Gasteiger partial charge in [0.25, 0.3) is 3.57 Å². The number of hydrogen-bond donors (Lipinski definition) is 1. The number of benzene rings is 3. The molecule has 3 aromatic carbocycles. The van der Waals surface area contributed by atoms with Crippen molar-refractivity contribution in [2.45, 2.75) is 31.5 Å². The molecule has 1 atom stereocenters. The highest BCUT2D eigenvalue weighted by Crippen LogP contribution is 2.22. The quantitative estimate of drug-likeness (QED) is 0.345. The first-order chi connectivity index (χ1) is 14.8. The van der Waals surface area contributed by atoms with Gasteiger partial charge in [-0.1, -0.05) is 60.2 Å². The highest BCUT2D eigenvalue weighted by atomic mass is 127. The third-order valence-corrected chi connectivity index (χ3v) is 6.90.